The van der Waals surface area contributed by atoms with Gasteiger partial charge in [0.15, 0.2) is 5.69 Å². The van der Waals surface area contributed by atoms with Gasteiger partial charge in [-0.05, 0) is 5.92 Å². The van der Waals surface area contributed by atoms with Gasteiger partial charge < -0.3 is 5.32 Å². The van der Waals surface area contributed by atoms with Gasteiger partial charge in [-0.3, -0.25) is 14.9 Å². The molecule has 0 aliphatic carbocycles. The first-order chi connectivity index (χ1) is 8.50. The van der Waals surface area contributed by atoms with E-state index in [4.69, 9.17) is 11.6 Å². The number of aromatic nitrogens is 1. The molecular formula is C11H10ClN3O3. The van der Waals surface area contributed by atoms with Crippen molar-refractivity contribution in [1.82, 2.24) is 10.3 Å². The summed E-state index contributed by atoms with van der Waals surface area (Å²) >= 11 is 5.62. The van der Waals surface area contributed by atoms with Crippen molar-refractivity contribution in [3.8, 4) is 11.8 Å². The van der Waals surface area contributed by atoms with Gasteiger partial charge in [-0.1, -0.05) is 17.5 Å². The summed E-state index contributed by atoms with van der Waals surface area (Å²) in [5.74, 6) is 5.13. The van der Waals surface area contributed by atoms with Crippen molar-refractivity contribution in [1.29, 1.82) is 0 Å². The lowest BCUT2D eigenvalue weighted by molar-refractivity contribution is -0.385. The van der Waals surface area contributed by atoms with Gasteiger partial charge in [-0.15, -0.1) is 0 Å². The molecule has 0 aromatic carbocycles. The summed E-state index contributed by atoms with van der Waals surface area (Å²) in [4.78, 5) is 24.5. The van der Waals surface area contributed by atoms with Crippen molar-refractivity contribution in [2.24, 2.45) is 0 Å². The van der Waals surface area contributed by atoms with E-state index in [2.05, 4.69) is 22.1 Å². The highest BCUT2D eigenvalue weighted by atomic mass is 35.5. The molecule has 0 aliphatic rings. The van der Waals surface area contributed by atoms with Crippen LogP contribution in [0.4, 0.5) is 5.69 Å². The molecule has 1 N–H and O–H groups in total. The number of hydrogen-bond donors (Lipinski definition) is 1. The fourth-order valence-corrected chi connectivity index (χ4v) is 1.26. The van der Waals surface area contributed by atoms with Crippen LogP contribution in [0, 0.1) is 22.0 Å². The maximum absolute atomic E-state index is 10.7. The second kappa shape index (κ2) is 6.57. The second-order valence-electron chi connectivity index (χ2n) is 3.31. The fourth-order valence-electron chi connectivity index (χ4n) is 1.11. The highest BCUT2D eigenvalue weighted by Crippen LogP contribution is 2.19. The SMILES string of the molecule is CC(=O)NCCC#Cc1ncc(Cl)cc1[N+](=O)[O-]. The van der Waals surface area contributed by atoms with Crippen LogP contribution in [-0.2, 0) is 4.79 Å². The summed E-state index contributed by atoms with van der Waals surface area (Å²) in [5.41, 5.74) is -0.165. The van der Waals surface area contributed by atoms with E-state index in [0.29, 0.717) is 13.0 Å². The maximum Gasteiger partial charge on any atom is 0.304 e. The molecule has 1 aromatic heterocycles. The van der Waals surface area contributed by atoms with Gasteiger partial charge in [0.05, 0.1) is 9.95 Å². The number of nitro groups is 1. The number of rotatable bonds is 3. The Morgan fingerprint density at radius 3 is 3.00 bits per heavy atom. The van der Waals surface area contributed by atoms with Crippen molar-refractivity contribution >= 4 is 23.2 Å². The minimum Gasteiger partial charge on any atom is -0.355 e. The topological polar surface area (TPSA) is 85.1 Å². The molecule has 6 nitrogen and oxygen atoms in total. The molecule has 0 fully saturated rings. The predicted molar refractivity (Wildman–Crippen MR) is 66.1 cm³/mol. The van der Waals surface area contributed by atoms with Gasteiger partial charge in [0.2, 0.25) is 5.91 Å². The smallest absolute Gasteiger partial charge is 0.304 e. The van der Waals surface area contributed by atoms with Crippen LogP contribution in [0.15, 0.2) is 12.3 Å². The quantitative estimate of drug-likeness (QED) is 0.389. The predicted octanol–water partition coefficient (Wildman–Crippen LogP) is 1.52. The van der Waals surface area contributed by atoms with Gasteiger partial charge in [0, 0.05) is 32.2 Å². The van der Waals surface area contributed by atoms with Crippen LogP contribution in [0.5, 0.6) is 0 Å². The first-order valence-corrected chi connectivity index (χ1v) is 5.41. The molecule has 0 saturated heterocycles. The van der Waals surface area contributed by atoms with Crippen LogP contribution in [0.2, 0.25) is 5.02 Å². The Kier molecular flexibility index (Phi) is 5.08. The van der Waals surface area contributed by atoms with Crippen LogP contribution in [0.3, 0.4) is 0 Å². The van der Waals surface area contributed by atoms with Gasteiger partial charge in [-0.2, -0.15) is 0 Å². The Balaban J connectivity index is 2.75. The van der Waals surface area contributed by atoms with Gasteiger partial charge in [-0.25, -0.2) is 4.98 Å². The molecule has 0 unspecified atom stereocenters. The third-order valence-corrected chi connectivity index (χ3v) is 2.07. The lowest BCUT2D eigenvalue weighted by Gasteiger charge is -1.96. The average Bonchev–Trinajstić information content (AvgIpc) is 2.29. The van der Waals surface area contributed by atoms with Crippen LogP contribution in [-0.4, -0.2) is 22.4 Å². The Morgan fingerprint density at radius 1 is 1.67 bits per heavy atom. The van der Waals surface area contributed by atoms with Crippen molar-refractivity contribution in [3.05, 3.63) is 33.1 Å². The lowest BCUT2D eigenvalue weighted by Crippen LogP contribution is -2.20. The average molecular weight is 268 g/mol. The maximum atomic E-state index is 10.7. The molecule has 0 bridgehead atoms. The third kappa shape index (κ3) is 4.39. The molecule has 0 radical (unpaired) electrons. The molecule has 1 rings (SSSR count). The molecular weight excluding hydrogens is 258 g/mol. The number of halogens is 1. The van der Waals surface area contributed by atoms with Crippen molar-refractivity contribution < 1.29 is 9.72 Å². The zero-order valence-electron chi connectivity index (χ0n) is 9.57. The Morgan fingerprint density at radius 2 is 2.39 bits per heavy atom. The van der Waals surface area contributed by atoms with E-state index in [0.717, 1.165) is 0 Å². The molecule has 18 heavy (non-hydrogen) atoms. The summed E-state index contributed by atoms with van der Waals surface area (Å²) in [6.07, 6.45) is 1.69. The summed E-state index contributed by atoms with van der Waals surface area (Å²) in [5, 5.41) is 13.5. The first kappa shape index (κ1) is 13.9. The Bertz CT molecular complexity index is 534. The summed E-state index contributed by atoms with van der Waals surface area (Å²) in [7, 11) is 0. The number of amides is 1. The number of carbonyl (C=O) groups excluding carboxylic acids is 1. The molecule has 1 heterocycles. The molecule has 94 valence electrons. The van der Waals surface area contributed by atoms with Crippen molar-refractivity contribution in [2.75, 3.05) is 6.54 Å². The summed E-state index contributed by atoms with van der Waals surface area (Å²) in [6.45, 7) is 1.79. The molecule has 1 amide bonds. The van der Waals surface area contributed by atoms with E-state index in [1.165, 1.54) is 19.2 Å². The minimum atomic E-state index is -0.587. The second-order valence-corrected chi connectivity index (χ2v) is 3.75. The lowest BCUT2D eigenvalue weighted by atomic mass is 10.3. The first-order valence-electron chi connectivity index (χ1n) is 5.04. The van der Waals surface area contributed by atoms with E-state index < -0.39 is 4.92 Å². The fraction of sp³-hybridized carbons (Fsp3) is 0.273. The Hall–Kier alpha value is -2.13. The summed E-state index contributed by atoms with van der Waals surface area (Å²) < 4.78 is 0. The molecule has 7 heteroatoms. The van der Waals surface area contributed by atoms with E-state index in [9.17, 15) is 14.9 Å². The number of nitrogens with zero attached hydrogens (tertiary/aromatic N) is 2. The van der Waals surface area contributed by atoms with Gasteiger partial charge >= 0.3 is 5.69 Å². The molecule has 0 saturated carbocycles. The normalized spacial score (nSPS) is 9.22. The largest absolute Gasteiger partial charge is 0.355 e. The highest BCUT2D eigenvalue weighted by Gasteiger charge is 2.13. The molecule has 0 atom stereocenters. The van der Waals surface area contributed by atoms with Crippen LogP contribution >= 0.6 is 11.6 Å². The van der Waals surface area contributed by atoms with E-state index in [-0.39, 0.29) is 22.3 Å². The molecule has 1 aromatic rings. The zero-order valence-corrected chi connectivity index (χ0v) is 10.3. The van der Waals surface area contributed by atoms with Crippen LogP contribution in [0.25, 0.3) is 0 Å². The van der Waals surface area contributed by atoms with Crippen molar-refractivity contribution in [2.45, 2.75) is 13.3 Å². The number of hydrogen-bond acceptors (Lipinski definition) is 4. The van der Waals surface area contributed by atoms with Gasteiger partial charge in [0.1, 0.15) is 0 Å². The standard InChI is InChI=1S/C11H10ClN3O3/c1-8(16)13-5-3-2-4-10-11(15(17)18)6-9(12)7-14-10/h6-7H,3,5H2,1H3,(H,13,16). The van der Waals surface area contributed by atoms with Crippen LogP contribution in [0.1, 0.15) is 19.0 Å². The number of pyridine rings is 1. The molecule has 0 aliphatic heterocycles. The highest BCUT2D eigenvalue weighted by molar-refractivity contribution is 6.30. The monoisotopic (exact) mass is 267 g/mol. The van der Waals surface area contributed by atoms with Crippen molar-refractivity contribution in [3.63, 3.8) is 0 Å². The van der Waals surface area contributed by atoms with E-state index >= 15 is 0 Å². The van der Waals surface area contributed by atoms with Crippen LogP contribution < -0.4 is 5.32 Å². The van der Waals surface area contributed by atoms with Gasteiger partial charge in [0.25, 0.3) is 0 Å². The number of carbonyl (C=O) groups is 1. The van der Waals surface area contributed by atoms with E-state index in [1.54, 1.807) is 0 Å². The number of nitrogens with one attached hydrogen (secondary N) is 1. The Labute approximate surface area is 109 Å². The van der Waals surface area contributed by atoms with E-state index in [1.807, 2.05) is 0 Å². The zero-order chi connectivity index (χ0) is 13.5. The molecule has 0 spiro atoms. The third-order valence-electron chi connectivity index (χ3n) is 1.86. The summed E-state index contributed by atoms with van der Waals surface area (Å²) in [6, 6.07) is 1.20. The minimum absolute atomic E-state index is 0.0622.